The number of nitrogens with one attached hydrogen (secondary N) is 1. The molecule has 1 aliphatic rings. The minimum atomic E-state index is -0.908. The highest BCUT2D eigenvalue weighted by Gasteiger charge is 2.14. The molecule has 2 heterocycles. The zero-order valence-corrected chi connectivity index (χ0v) is 18.7. The van der Waals surface area contributed by atoms with Crippen molar-refractivity contribution in [3.8, 4) is 0 Å². The molecule has 6 nitrogen and oxygen atoms in total. The van der Waals surface area contributed by atoms with E-state index in [4.69, 9.17) is 5.11 Å². The molecular formula is C26H30N4O2. The van der Waals surface area contributed by atoms with Crippen molar-refractivity contribution in [3.63, 3.8) is 0 Å². The number of anilines is 1. The molecule has 4 rings (SSSR count). The third kappa shape index (κ3) is 5.72. The first-order valence-corrected chi connectivity index (χ1v) is 11.0. The van der Waals surface area contributed by atoms with Crippen LogP contribution in [0.1, 0.15) is 28.4 Å². The molecule has 6 heteroatoms. The fourth-order valence-corrected chi connectivity index (χ4v) is 3.94. The van der Waals surface area contributed by atoms with Gasteiger partial charge in [0, 0.05) is 44.7 Å². The van der Waals surface area contributed by atoms with Gasteiger partial charge in [-0.25, -0.2) is 4.79 Å². The number of benzene rings is 2. The minimum absolute atomic E-state index is 0.298. The Kier molecular flexibility index (Phi) is 6.83. The van der Waals surface area contributed by atoms with Crippen LogP contribution in [0.15, 0.2) is 60.3 Å². The number of carboxylic acid groups (broad SMARTS) is 1. The van der Waals surface area contributed by atoms with E-state index < -0.39 is 5.97 Å². The van der Waals surface area contributed by atoms with Gasteiger partial charge in [0.2, 0.25) is 0 Å². The van der Waals surface area contributed by atoms with Gasteiger partial charge < -0.3 is 15.3 Å². The predicted molar refractivity (Wildman–Crippen MR) is 130 cm³/mol. The number of hydrogen-bond acceptors (Lipinski definition) is 5. The monoisotopic (exact) mass is 430 g/mol. The smallest absolute Gasteiger partial charge is 0.335 e. The Labute approximate surface area is 189 Å². The minimum Gasteiger partial charge on any atom is -0.478 e. The summed E-state index contributed by atoms with van der Waals surface area (Å²) in [5, 5.41) is 13.6. The van der Waals surface area contributed by atoms with Gasteiger partial charge in [0.05, 0.1) is 23.0 Å². The number of carbonyl (C=O) groups is 1. The van der Waals surface area contributed by atoms with Crippen LogP contribution in [-0.4, -0.2) is 65.6 Å². The molecule has 1 fully saturated rings. The molecule has 1 saturated heterocycles. The van der Waals surface area contributed by atoms with Crippen LogP contribution in [0.4, 0.5) is 5.69 Å². The van der Waals surface area contributed by atoms with Crippen LogP contribution in [0.25, 0.3) is 17.0 Å². The number of aromatic carboxylic acids is 1. The van der Waals surface area contributed by atoms with Crippen LogP contribution < -0.4 is 5.32 Å². The van der Waals surface area contributed by atoms with E-state index in [1.807, 2.05) is 18.3 Å². The zero-order valence-electron chi connectivity index (χ0n) is 18.7. The molecule has 0 amide bonds. The molecule has 0 unspecified atom stereocenters. The number of fused-ring (bicyclic) bond motifs is 1. The Morgan fingerprint density at radius 2 is 1.84 bits per heavy atom. The SMILES string of the molecule is CC(=Cc1ccc(C(=O)O)cc1)CNc1cnc2ccc(CN3CCN(C)CC3)cc2c1. The third-order valence-electron chi connectivity index (χ3n) is 5.89. The van der Waals surface area contributed by atoms with Crippen LogP contribution in [-0.2, 0) is 6.54 Å². The van der Waals surface area contributed by atoms with Gasteiger partial charge >= 0.3 is 5.97 Å². The Morgan fingerprint density at radius 1 is 1.09 bits per heavy atom. The Bertz CT molecular complexity index is 1120. The first kappa shape index (κ1) is 22.0. The number of likely N-dealkylation sites (N-methyl/N-ethyl adjacent to an activating group) is 1. The van der Waals surface area contributed by atoms with Crippen molar-refractivity contribution in [2.24, 2.45) is 0 Å². The van der Waals surface area contributed by atoms with Gasteiger partial charge in [0.1, 0.15) is 0 Å². The summed E-state index contributed by atoms with van der Waals surface area (Å²) in [5.41, 5.74) is 5.75. The van der Waals surface area contributed by atoms with E-state index in [2.05, 4.69) is 64.4 Å². The first-order valence-electron chi connectivity index (χ1n) is 11.0. The topological polar surface area (TPSA) is 68.7 Å². The molecule has 1 aromatic heterocycles. The Balaban J connectivity index is 1.39. The highest BCUT2D eigenvalue weighted by atomic mass is 16.4. The normalized spacial score (nSPS) is 15.8. The lowest BCUT2D eigenvalue weighted by atomic mass is 10.1. The number of hydrogen-bond donors (Lipinski definition) is 2. The first-order chi connectivity index (χ1) is 15.5. The summed E-state index contributed by atoms with van der Waals surface area (Å²) in [7, 11) is 2.18. The largest absolute Gasteiger partial charge is 0.478 e. The van der Waals surface area contributed by atoms with Crippen molar-refractivity contribution in [1.82, 2.24) is 14.8 Å². The molecule has 0 radical (unpaired) electrons. The molecule has 0 spiro atoms. The van der Waals surface area contributed by atoms with Crippen LogP contribution in [0.2, 0.25) is 0 Å². The van der Waals surface area contributed by atoms with Crippen LogP contribution in [0.5, 0.6) is 0 Å². The van der Waals surface area contributed by atoms with Gasteiger partial charge in [-0.15, -0.1) is 0 Å². The van der Waals surface area contributed by atoms with Crippen LogP contribution in [0, 0.1) is 0 Å². The molecule has 32 heavy (non-hydrogen) atoms. The molecule has 3 aromatic rings. The summed E-state index contributed by atoms with van der Waals surface area (Å²) in [5.74, 6) is -0.908. The Hall–Kier alpha value is -3.22. The lowest BCUT2D eigenvalue weighted by Crippen LogP contribution is -2.43. The fraction of sp³-hybridized carbons (Fsp3) is 0.308. The van der Waals surface area contributed by atoms with Crippen molar-refractivity contribution in [1.29, 1.82) is 0 Å². The maximum absolute atomic E-state index is 11.0. The number of pyridine rings is 1. The van der Waals surface area contributed by atoms with Crippen LogP contribution in [0.3, 0.4) is 0 Å². The Morgan fingerprint density at radius 3 is 2.56 bits per heavy atom. The standard InChI is InChI=1S/C26H30N4O2/c1-19(13-20-3-6-22(7-4-20)26(31)32)16-27-24-15-23-14-21(5-8-25(23)28-17-24)18-30-11-9-29(2)10-12-30/h3-8,13-15,17,27H,9-12,16,18H2,1-2H3,(H,31,32). The number of piperazine rings is 1. The van der Waals surface area contributed by atoms with Crippen molar-refractivity contribution in [3.05, 3.63) is 77.0 Å². The molecule has 0 aliphatic carbocycles. The molecular weight excluding hydrogens is 400 g/mol. The van der Waals surface area contributed by atoms with Crippen molar-refractivity contribution in [2.75, 3.05) is 45.1 Å². The summed E-state index contributed by atoms with van der Waals surface area (Å²) in [6.45, 7) is 8.19. The lowest BCUT2D eigenvalue weighted by Gasteiger charge is -2.32. The van der Waals surface area contributed by atoms with E-state index in [-0.39, 0.29) is 0 Å². The van der Waals surface area contributed by atoms with Gasteiger partial charge in [-0.1, -0.05) is 29.8 Å². The highest BCUT2D eigenvalue weighted by molar-refractivity contribution is 5.87. The average Bonchev–Trinajstić information content (AvgIpc) is 2.79. The number of aromatic nitrogens is 1. The predicted octanol–water partition coefficient (Wildman–Crippen LogP) is 4.20. The van der Waals surface area contributed by atoms with Gasteiger partial charge in [0.15, 0.2) is 0 Å². The second kappa shape index (κ2) is 9.94. The number of rotatable bonds is 7. The van der Waals surface area contributed by atoms with E-state index in [0.29, 0.717) is 12.1 Å². The van der Waals surface area contributed by atoms with E-state index >= 15 is 0 Å². The molecule has 0 saturated carbocycles. The van der Waals surface area contributed by atoms with Crippen molar-refractivity contribution < 1.29 is 9.90 Å². The molecule has 2 N–H and O–H groups in total. The fourth-order valence-electron chi connectivity index (χ4n) is 3.94. The van der Waals surface area contributed by atoms with Gasteiger partial charge in [-0.05, 0) is 55.4 Å². The molecule has 0 atom stereocenters. The van der Waals surface area contributed by atoms with E-state index in [1.165, 1.54) is 5.56 Å². The quantitative estimate of drug-likeness (QED) is 0.586. The average molecular weight is 431 g/mol. The zero-order chi connectivity index (χ0) is 22.5. The summed E-state index contributed by atoms with van der Waals surface area (Å²) < 4.78 is 0. The maximum atomic E-state index is 11.0. The highest BCUT2D eigenvalue weighted by Crippen LogP contribution is 2.20. The summed E-state index contributed by atoms with van der Waals surface area (Å²) >= 11 is 0. The van der Waals surface area contributed by atoms with E-state index in [0.717, 1.165) is 60.5 Å². The summed E-state index contributed by atoms with van der Waals surface area (Å²) in [6, 6.07) is 15.6. The van der Waals surface area contributed by atoms with E-state index in [9.17, 15) is 4.79 Å². The van der Waals surface area contributed by atoms with Gasteiger partial charge in [0.25, 0.3) is 0 Å². The maximum Gasteiger partial charge on any atom is 0.335 e. The van der Waals surface area contributed by atoms with Gasteiger partial charge in [-0.2, -0.15) is 0 Å². The van der Waals surface area contributed by atoms with Crippen molar-refractivity contribution in [2.45, 2.75) is 13.5 Å². The van der Waals surface area contributed by atoms with Crippen molar-refractivity contribution >= 4 is 28.6 Å². The molecule has 166 valence electrons. The molecule has 0 bridgehead atoms. The lowest BCUT2D eigenvalue weighted by molar-refractivity contribution is 0.0697. The second-order valence-electron chi connectivity index (χ2n) is 8.60. The summed E-state index contributed by atoms with van der Waals surface area (Å²) in [6.07, 6.45) is 3.93. The summed E-state index contributed by atoms with van der Waals surface area (Å²) in [4.78, 5) is 20.5. The van der Waals surface area contributed by atoms with E-state index in [1.54, 1.807) is 12.1 Å². The molecule has 1 aliphatic heterocycles. The molecule has 2 aromatic carbocycles. The van der Waals surface area contributed by atoms with Gasteiger partial charge in [-0.3, -0.25) is 9.88 Å². The second-order valence-corrected chi connectivity index (χ2v) is 8.60. The van der Waals surface area contributed by atoms with Crippen LogP contribution >= 0.6 is 0 Å². The number of nitrogens with zero attached hydrogens (tertiary/aromatic N) is 3. The number of carboxylic acids is 1. The third-order valence-corrected chi connectivity index (χ3v) is 5.89.